The summed E-state index contributed by atoms with van der Waals surface area (Å²) in [6, 6.07) is 24.1. The zero-order valence-corrected chi connectivity index (χ0v) is 25.2. The van der Waals surface area contributed by atoms with Crippen molar-refractivity contribution in [2.45, 2.75) is 39.7 Å². The molecule has 0 bridgehead atoms. The van der Waals surface area contributed by atoms with Gasteiger partial charge in [-0.05, 0) is 52.6 Å². The van der Waals surface area contributed by atoms with Gasteiger partial charge in [-0.25, -0.2) is 9.48 Å². The standard InChI is InChI=1S/C35H38N6O2/c1-24-9-11-26(35(2,3)4)21-32(24)41-33(15-16-37-41)39-34(42)38-31-14-12-29(27-7-5-6-8-28(27)31)30-13-10-25(22-36-30)23-40-17-19-43-20-18-40/h5-16,21-22H,17-20,23H2,1-4H3,(H2,38,39,42). The first-order chi connectivity index (χ1) is 20.8. The number of fused-ring (bicyclic) bond motifs is 1. The molecule has 0 spiro atoms. The smallest absolute Gasteiger partial charge is 0.324 e. The maximum atomic E-state index is 13.3. The van der Waals surface area contributed by atoms with E-state index >= 15 is 0 Å². The number of carbonyl (C=O) groups excluding carboxylic acids is 1. The molecule has 1 fully saturated rings. The van der Waals surface area contributed by atoms with E-state index < -0.39 is 0 Å². The molecule has 0 unspecified atom stereocenters. The molecule has 220 valence electrons. The van der Waals surface area contributed by atoms with Crippen molar-refractivity contribution in [3.8, 4) is 16.9 Å². The molecule has 3 heterocycles. The van der Waals surface area contributed by atoms with Crippen LogP contribution in [-0.2, 0) is 16.7 Å². The number of anilines is 2. The molecule has 0 saturated carbocycles. The summed E-state index contributed by atoms with van der Waals surface area (Å²) in [7, 11) is 0. The molecule has 2 aromatic heterocycles. The maximum Gasteiger partial charge on any atom is 0.324 e. The summed E-state index contributed by atoms with van der Waals surface area (Å²) < 4.78 is 7.24. The van der Waals surface area contributed by atoms with Gasteiger partial charge in [-0.15, -0.1) is 0 Å². The predicted octanol–water partition coefficient (Wildman–Crippen LogP) is 7.17. The Labute approximate surface area is 252 Å². The summed E-state index contributed by atoms with van der Waals surface area (Å²) in [4.78, 5) is 20.5. The minimum atomic E-state index is -0.338. The van der Waals surface area contributed by atoms with E-state index in [1.54, 1.807) is 16.9 Å². The molecular weight excluding hydrogens is 536 g/mol. The Hall–Kier alpha value is -4.53. The summed E-state index contributed by atoms with van der Waals surface area (Å²) in [5.74, 6) is 0.592. The minimum absolute atomic E-state index is 0.00569. The third-order valence-corrected chi connectivity index (χ3v) is 7.97. The summed E-state index contributed by atoms with van der Waals surface area (Å²) >= 11 is 0. The number of rotatable bonds is 6. The van der Waals surface area contributed by atoms with Crippen LogP contribution in [0.15, 0.2) is 85.2 Å². The van der Waals surface area contributed by atoms with E-state index in [1.807, 2.05) is 43.5 Å². The van der Waals surface area contributed by atoms with E-state index in [0.717, 1.165) is 71.8 Å². The van der Waals surface area contributed by atoms with Crippen LogP contribution in [0.5, 0.6) is 0 Å². The molecule has 2 N–H and O–H groups in total. The number of ether oxygens (including phenoxy) is 1. The fraction of sp³-hybridized carbons (Fsp3) is 0.286. The number of nitrogens with one attached hydrogen (secondary N) is 2. The molecule has 1 aliphatic heterocycles. The van der Waals surface area contributed by atoms with Crippen LogP contribution in [0.2, 0.25) is 0 Å². The minimum Gasteiger partial charge on any atom is -0.379 e. The highest BCUT2D eigenvalue weighted by atomic mass is 16.5. The first-order valence-corrected chi connectivity index (χ1v) is 14.8. The second-order valence-corrected chi connectivity index (χ2v) is 12.1. The van der Waals surface area contributed by atoms with Gasteiger partial charge in [0.1, 0.15) is 5.82 Å². The quantitative estimate of drug-likeness (QED) is 0.225. The SMILES string of the molecule is Cc1ccc(C(C)(C)C)cc1-n1nccc1NC(=O)Nc1ccc(-c2ccc(CN3CCOCC3)cn2)c2ccccc12. The van der Waals surface area contributed by atoms with Crippen LogP contribution in [0.3, 0.4) is 0 Å². The number of nitrogens with zero attached hydrogens (tertiary/aromatic N) is 4. The van der Waals surface area contributed by atoms with E-state index in [1.165, 1.54) is 11.1 Å². The molecule has 3 aromatic carbocycles. The van der Waals surface area contributed by atoms with Crippen molar-refractivity contribution in [2.75, 3.05) is 36.9 Å². The van der Waals surface area contributed by atoms with Gasteiger partial charge in [0.2, 0.25) is 0 Å². The lowest BCUT2D eigenvalue weighted by atomic mass is 9.86. The van der Waals surface area contributed by atoms with Gasteiger partial charge in [0.15, 0.2) is 0 Å². The molecule has 43 heavy (non-hydrogen) atoms. The molecule has 1 aliphatic rings. The highest BCUT2D eigenvalue weighted by Gasteiger charge is 2.18. The van der Waals surface area contributed by atoms with Gasteiger partial charge in [-0.3, -0.25) is 15.2 Å². The van der Waals surface area contributed by atoms with Crippen LogP contribution in [0, 0.1) is 6.92 Å². The third kappa shape index (κ3) is 6.30. The number of benzene rings is 3. The van der Waals surface area contributed by atoms with Crippen molar-refractivity contribution in [2.24, 2.45) is 0 Å². The molecule has 2 amide bonds. The molecule has 0 aliphatic carbocycles. The highest BCUT2D eigenvalue weighted by Crippen LogP contribution is 2.33. The van der Waals surface area contributed by atoms with Gasteiger partial charge < -0.3 is 10.1 Å². The van der Waals surface area contributed by atoms with Crippen LogP contribution >= 0.6 is 0 Å². The fourth-order valence-corrected chi connectivity index (χ4v) is 5.49. The topological polar surface area (TPSA) is 84.3 Å². The van der Waals surface area contributed by atoms with Crippen molar-refractivity contribution in [1.82, 2.24) is 19.7 Å². The van der Waals surface area contributed by atoms with E-state index in [-0.39, 0.29) is 11.4 Å². The van der Waals surface area contributed by atoms with Gasteiger partial charge in [0, 0.05) is 42.8 Å². The number of hydrogen-bond acceptors (Lipinski definition) is 5. The summed E-state index contributed by atoms with van der Waals surface area (Å²) in [5.41, 5.74) is 7.03. The van der Waals surface area contributed by atoms with Crippen molar-refractivity contribution >= 4 is 28.3 Å². The normalized spacial score (nSPS) is 14.1. The van der Waals surface area contributed by atoms with Crippen molar-refractivity contribution in [1.29, 1.82) is 0 Å². The van der Waals surface area contributed by atoms with Crippen molar-refractivity contribution < 1.29 is 9.53 Å². The van der Waals surface area contributed by atoms with Gasteiger partial charge in [-0.2, -0.15) is 5.10 Å². The molecule has 5 aromatic rings. The highest BCUT2D eigenvalue weighted by molar-refractivity contribution is 6.09. The average molecular weight is 575 g/mol. The summed E-state index contributed by atoms with van der Waals surface area (Å²) in [5, 5.41) is 12.5. The number of amides is 2. The van der Waals surface area contributed by atoms with E-state index in [4.69, 9.17) is 9.72 Å². The monoisotopic (exact) mass is 574 g/mol. The molecular formula is C35H38N6O2. The van der Waals surface area contributed by atoms with E-state index in [9.17, 15) is 4.79 Å². The van der Waals surface area contributed by atoms with Gasteiger partial charge in [0.25, 0.3) is 0 Å². The van der Waals surface area contributed by atoms with Crippen LogP contribution in [0.1, 0.15) is 37.5 Å². The first-order valence-electron chi connectivity index (χ1n) is 14.8. The second kappa shape index (κ2) is 12.0. The molecule has 8 heteroatoms. The molecule has 0 radical (unpaired) electrons. The number of morpholine rings is 1. The Balaban J connectivity index is 1.21. The predicted molar refractivity (Wildman–Crippen MR) is 173 cm³/mol. The second-order valence-electron chi connectivity index (χ2n) is 12.1. The fourth-order valence-electron chi connectivity index (χ4n) is 5.49. The van der Waals surface area contributed by atoms with Gasteiger partial charge >= 0.3 is 6.03 Å². The van der Waals surface area contributed by atoms with Crippen LogP contribution < -0.4 is 10.6 Å². The largest absolute Gasteiger partial charge is 0.379 e. The Morgan fingerprint density at radius 1 is 0.930 bits per heavy atom. The molecule has 8 nitrogen and oxygen atoms in total. The first kappa shape index (κ1) is 28.6. The van der Waals surface area contributed by atoms with Crippen LogP contribution in [0.25, 0.3) is 27.7 Å². The lowest BCUT2D eigenvalue weighted by Gasteiger charge is -2.26. The van der Waals surface area contributed by atoms with Crippen molar-refractivity contribution in [3.05, 3.63) is 102 Å². The number of carbonyl (C=O) groups is 1. The van der Waals surface area contributed by atoms with Gasteiger partial charge in [-0.1, -0.05) is 69.3 Å². The Bertz CT molecular complexity index is 1750. The average Bonchev–Trinajstić information content (AvgIpc) is 3.45. The number of pyridine rings is 1. The lowest BCUT2D eigenvalue weighted by Crippen LogP contribution is -2.35. The van der Waals surface area contributed by atoms with Crippen LogP contribution in [0.4, 0.5) is 16.3 Å². The molecule has 1 saturated heterocycles. The van der Waals surface area contributed by atoms with E-state index in [2.05, 4.69) is 77.8 Å². The lowest BCUT2D eigenvalue weighted by molar-refractivity contribution is 0.0341. The number of hydrogen-bond donors (Lipinski definition) is 2. The summed E-state index contributed by atoms with van der Waals surface area (Å²) in [6.45, 7) is 12.9. The Kier molecular flexibility index (Phi) is 7.97. The number of urea groups is 1. The zero-order chi connectivity index (χ0) is 30.0. The summed E-state index contributed by atoms with van der Waals surface area (Å²) in [6.07, 6.45) is 3.66. The maximum absolute atomic E-state index is 13.3. The third-order valence-electron chi connectivity index (χ3n) is 7.97. The zero-order valence-electron chi connectivity index (χ0n) is 25.2. The Morgan fingerprint density at radius 3 is 2.47 bits per heavy atom. The number of aromatic nitrogens is 3. The van der Waals surface area contributed by atoms with E-state index in [0.29, 0.717) is 5.82 Å². The number of aryl methyl sites for hydroxylation is 1. The van der Waals surface area contributed by atoms with Crippen molar-refractivity contribution in [3.63, 3.8) is 0 Å². The Morgan fingerprint density at radius 2 is 1.72 bits per heavy atom. The van der Waals surface area contributed by atoms with Gasteiger partial charge in [0.05, 0.1) is 36.5 Å². The molecule has 0 atom stereocenters. The van der Waals surface area contributed by atoms with Crippen LogP contribution in [-0.4, -0.2) is 52.0 Å². The molecule has 6 rings (SSSR count).